The lowest BCUT2D eigenvalue weighted by atomic mass is 10.0. The Kier molecular flexibility index (Phi) is 10.8. The molecular formula is C31H34N2O6S. The van der Waals surface area contributed by atoms with Gasteiger partial charge in [-0.25, -0.2) is 4.79 Å². The van der Waals surface area contributed by atoms with Gasteiger partial charge >= 0.3 is 6.09 Å². The second kappa shape index (κ2) is 14.7. The van der Waals surface area contributed by atoms with Crippen molar-refractivity contribution in [1.82, 2.24) is 5.32 Å². The zero-order valence-electron chi connectivity index (χ0n) is 22.4. The molecule has 0 aliphatic carbocycles. The molecule has 4 rings (SSSR count). The molecule has 0 unspecified atom stereocenters. The number of amides is 2. The number of rotatable bonds is 11. The molecule has 9 heteroatoms. The van der Waals surface area contributed by atoms with Crippen LogP contribution in [-0.2, 0) is 32.2 Å². The second-order valence-electron chi connectivity index (χ2n) is 9.35. The molecule has 1 aliphatic heterocycles. The van der Waals surface area contributed by atoms with E-state index in [2.05, 4.69) is 17.2 Å². The van der Waals surface area contributed by atoms with Gasteiger partial charge in [-0.2, -0.15) is 0 Å². The zero-order chi connectivity index (χ0) is 28.3. The van der Waals surface area contributed by atoms with Crippen LogP contribution in [0.1, 0.15) is 48.0 Å². The van der Waals surface area contributed by atoms with Crippen molar-refractivity contribution in [2.24, 2.45) is 0 Å². The van der Waals surface area contributed by atoms with E-state index in [1.807, 2.05) is 72.8 Å². The van der Waals surface area contributed by atoms with Crippen LogP contribution in [0.2, 0.25) is 0 Å². The zero-order valence-corrected chi connectivity index (χ0v) is 23.2. The fraction of sp³-hybridized carbons (Fsp3) is 0.290. The third-order valence-corrected chi connectivity index (χ3v) is 7.39. The van der Waals surface area contributed by atoms with Gasteiger partial charge in [0.15, 0.2) is 6.29 Å². The lowest BCUT2D eigenvalue weighted by molar-refractivity contribution is -0.245. The highest BCUT2D eigenvalue weighted by atomic mass is 32.2. The van der Waals surface area contributed by atoms with Gasteiger partial charge < -0.3 is 30.0 Å². The third-order valence-electron chi connectivity index (χ3n) is 6.25. The molecule has 3 aromatic carbocycles. The first-order valence-electron chi connectivity index (χ1n) is 13.0. The van der Waals surface area contributed by atoms with Gasteiger partial charge in [0.1, 0.15) is 6.61 Å². The van der Waals surface area contributed by atoms with Gasteiger partial charge in [0.05, 0.1) is 18.8 Å². The number of aliphatic hydroxyl groups excluding tert-OH is 1. The quantitative estimate of drug-likeness (QED) is 0.198. The van der Waals surface area contributed by atoms with Crippen LogP contribution < -0.4 is 10.6 Å². The van der Waals surface area contributed by atoms with Crippen molar-refractivity contribution in [3.05, 3.63) is 108 Å². The van der Waals surface area contributed by atoms with Crippen molar-refractivity contribution < 1.29 is 28.9 Å². The summed E-state index contributed by atoms with van der Waals surface area (Å²) in [7, 11) is 0. The van der Waals surface area contributed by atoms with Gasteiger partial charge in [0.25, 0.3) is 0 Å². The molecule has 1 saturated heterocycles. The summed E-state index contributed by atoms with van der Waals surface area (Å²) in [5.41, 5.74) is 4.43. The van der Waals surface area contributed by atoms with Crippen molar-refractivity contribution in [3.63, 3.8) is 0 Å². The molecule has 0 aromatic heterocycles. The Morgan fingerprint density at radius 1 is 1.00 bits per heavy atom. The first kappa shape index (κ1) is 29.4. The molecule has 8 nitrogen and oxygen atoms in total. The van der Waals surface area contributed by atoms with Crippen molar-refractivity contribution in [1.29, 1.82) is 0 Å². The summed E-state index contributed by atoms with van der Waals surface area (Å²) in [4.78, 5) is 24.1. The number of hydrogen-bond donors (Lipinski definition) is 3. The van der Waals surface area contributed by atoms with Crippen LogP contribution >= 0.6 is 11.8 Å². The van der Waals surface area contributed by atoms with E-state index in [0.29, 0.717) is 13.0 Å². The topological polar surface area (TPSA) is 106 Å². The summed E-state index contributed by atoms with van der Waals surface area (Å²) in [6.45, 7) is 5.50. The van der Waals surface area contributed by atoms with E-state index in [9.17, 15) is 14.7 Å². The highest BCUT2D eigenvalue weighted by molar-refractivity contribution is 7.99. The standard InChI is InChI=1S/C31H34N2O6S/c1-3-16-37-31(36)32-18-22-4-10-25(11-5-22)30-38-27(17-29(39-30)24-8-6-23(19-34)7-9-24)20-40-28-14-12-26(13-15-28)33-21(2)35/h3-15,27,29-30,34H,1,16-20H2,2H3,(H,32,36)(H,33,35)/t27-,29+,30+/m0/s1. The van der Waals surface area contributed by atoms with Crippen molar-refractivity contribution in [2.45, 2.75) is 49.9 Å². The minimum Gasteiger partial charge on any atom is -0.445 e. The Labute approximate surface area is 238 Å². The largest absolute Gasteiger partial charge is 0.445 e. The minimum atomic E-state index is -0.566. The van der Waals surface area contributed by atoms with E-state index in [0.717, 1.165) is 38.6 Å². The predicted octanol–water partition coefficient (Wildman–Crippen LogP) is 5.89. The minimum absolute atomic E-state index is 0.00921. The van der Waals surface area contributed by atoms with E-state index < -0.39 is 12.4 Å². The second-order valence-corrected chi connectivity index (χ2v) is 10.4. The van der Waals surface area contributed by atoms with Crippen molar-refractivity contribution >= 4 is 29.4 Å². The van der Waals surface area contributed by atoms with E-state index >= 15 is 0 Å². The summed E-state index contributed by atoms with van der Waals surface area (Å²) >= 11 is 1.69. The molecule has 0 bridgehead atoms. The molecule has 3 atom stereocenters. The highest BCUT2D eigenvalue weighted by Crippen LogP contribution is 2.39. The van der Waals surface area contributed by atoms with Crippen LogP contribution in [0, 0.1) is 0 Å². The maximum absolute atomic E-state index is 11.7. The number of anilines is 1. The molecule has 3 aromatic rings. The molecule has 1 heterocycles. The molecule has 0 saturated carbocycles. The van der Waals surface area contributed by atoms with Gasteiger partial charge in [-0.15, -0.1) is 11.8 Å². The van der Waals surface area contributed by atoms with Gasteiger partial charge in [-0.05, 0) is 41.0 Å². The van der Waals surface area contributed by atoms with Crippen LogP contribution in [0.25, 0.3) is 0 Å². The van der Waals surface area contributed by atoms with Gasteiger partial charge in [-0.3, -0.25) is 4.79 Å². The first-order chi connectivity index (χ1) is 19.4. The molecular weight excluding hydrogens is 528 g/mol. The third kappa shape index (κ3) is 8.69. The van der Waals surface area contributed by atoms with E-state index in [1.54, 1.807) is 11.8 Å². The lowest BCUT2D eigenvalue weighted by Crippen LogP contribution is -2.31. The normalized spacial score (nSPS) is 18.5. The van der Waals surface area contributed by atoms with Crippen LogP contribution in [0.4, 0.5) is 10.5 Å². The lowest BCUT2D eigenvalue weighted by Gasteiger charge is -2.36. The molecule has 2 amide bonds. The Morgan fingerprint density at radius 3 is 2.33 bits per heavy atom. The number of carbonyl (C=O) groups excluding carboxylic acids is 2. The number of hydrogen-bond acceptors (Lipinski definition) is 7. The predicted molar refractivity (Wildman–Crippen MR) is 155 cm³/mol. The summed E-state index contributed by atoms with van der Waals surface area (Å²) in [6, 6.07) is 23.3. The monoisotopic (exact) mass is 562 g/mol. The number of carbonyl (C=O) groups is 2. The number of thioether (sulfide) groups is 1. The summed E-state index contributed by atoms with van der Waals surface area (Å²) < 4.78 is 17.8. The Bertz CT molecular complexity index is 1260. The van der Waals surface area contributed by atoms with Gasteiger partial charge in [0.2, 0.25) is 5.91 Å². The average Bonchev–Trinajstić information content (AvgIpc) is 2.98. The van der Waals surface area contributed by atoms with Crippen LogP contribution in [-0.4, -0.2) is 35.6 Å². The Balaban J connectivity index is 1.43. The number of aliphatic hydroxyl groups is 1. The number of ether oxygens (including phenoxy) is 3. The van der Waals surface area contributed by atoms with Crippen LogP contribution in [0.15, 0.2) is 90.3 Å². The molecule has 40 heavy (non-hydrogen) atoms. The first-order valence-corrected chi connectivity index (χ1v) is 14.0. The number of alkyl carbamates (subject to hydrolysis) is 1. The molecule has 3 N–H and O–H groups in total. The summed E-state index contributed by atoms with van der Waals surface area (Å²) in [5, 5.41) is 14.9. The van der Waals surface area contributed by atoms with Gasteiger partial charge in [0, 0.05) is 41.8 Å². The maximum atomic E-state index is 11.7. The number of benzene rings is 3. The molecule has 1 aliphatic rings. The molecule has 210 valence electrons. The Hall–Kier alpha value is -3.63. The summed E-state index contributed by atoms with van der Waals surface area (Å²) in [5.74, 6) is 0.620. The van der Waals surface area contributed by atoms with Crippen LogP contribution in [0.5, 0.6) is 0 Å². The maximum Gasteiger partial charge on any atom is 0.407 e. The van der Waals surface area contributed by atoms with Crippen molar-refractivity contribution in [2.75, 3.05) is 17.7 Å². The SMILES string of the molecule is C=CCOC(=O)NCc1ccc([C@@H]2O[C@H](CSc3ccc(NC(C)=O)cc3)C[C@H](c3ccc(CO)cc3)O2)cc1. The number of nitrogens with one attached hydrogen (secondary N) is 2. The van der Waals surface area contributed by atoms with Crippen LogP contribution in [0.3, 0.4) is 0 Å². The molecule has 0 spiro atoms. The van der Waals surface area contributed by atoms with Crippen molar-refractivity contribution in [3.8, 4) is 0 Å². The average molecular weight is 563 g/mol. The molecule has 1 fully saturated rings. The van der Waals surface area contributed by atoms with E-state index in [-0.39, 0.29) is 31.3 Å². The fourth-order valence-corrected chi connectivity index (χ4v) is 5.12. The highest BCUT2D eigenvalue weighted by Gasteiger charge is 2.32. The molecule has 0 radical (unpaired) electrons. The Morgan fingerprint density at radius 2 is 1.68 bits per heavy atom. The van der Waals surface area contributed by atoms with Gasteiger partial charge in [-0.1, -0.05) is 61.2 Å². The smallest absolute Gasteiger partial charge is 0.407 e. The van der Waals surface area contributed by atoms with E-state index in [4.69, 9.17) is 14.2 Å². The van der Waals surface area contributed by atoms with E-state index in [1.165, 1.54) is 13.0 Å². The summed E-state index contributed by atoms with van der Waals surface area (Å²) in [6.07, 6.45) is 0.873. The fourth-order valence-electron chi connectivity index (χ4n) is 4.20.